The molecular weight excluding hydrogens is 483 g/mol. The zero-order chi connectivity index (χ0) is 24.2. The fourth-order valence-corrected chi connectivity index (χ4v) is 3.97. The highest BCUT2D eigenvalue weighted by Gasteiger charge is 2.14. The van der Waals surface area contributed by atoms with Crippen LogP contribution in [0.25, 0.3) is 0 Å². The molecule has 0 aliphatic heterocycles. The summed E-state index contributed by atoms with van der Waals surface area (Å²) < 4.78 is 29.3. The van der Waals surface area contributed by atoms with E-state index in [1.807, 2.05) is 32.0 Å². The Morgan fingerprint density at radius 1 is 1.00 bits per heavy atom. The van der Waals surface area contributed by atoms with Crippen molar-refractivity contribution in [3.63, 3.8) is 0 Å². The van der Waals surface area contributed by atoms with Crippen LogP contribution in [0.3, 0.4) is 0 Å². The van der Waals surface area contributed by atoms with Gasteiger partial charge in [0.05, 0.1) is 16.3 Å². The third kappa shape index (κ3) is 7.12. The molecule has 0 radical (unpaired) electrons. The molecule has 0 saturated carbocycles. The van der Waals surface area contributed by atoms with Gasteiger partial charge in [0.15, 0.2) is 9.84 Å². The molecule has 0 spiro atoms. The highest BCUT2D eigenvalue weighted by molar-refractivity contribution is 7.90. The first kappa shape index (κ1) is 24.9. The average Bonchev–Trinajstić information content (AvgIpc) is 2.73. The van der Waals surface area contributed by atoms with E-state index in [9.17, 15) is 13.2 Å². The number of amides is 1. The molecule has 3 aromatic carbocycles. The van der Waals surface area contributed by atoms with E-state index in [1.165, 1.54) is 6.07 Å². The van der Waals surface area contributed by atoms with E-state index in [2.05, 4.69) is 10.6 Å². The second-order valence-electron chi connectivity index (χ2n) is 7.75. The molecule has 33 heavy (non-hydrogen) atoms. The smallest absolute Gasteiger partial charge is 0.257 e. The van der Waals surface area contributed by atoms with Gasteiger partial charge >= 0.3 is 0 Å². The van der Waals surface area contributed by atoms with Gasteiger partial charge in [-0.05, 0) is 55.3 Å². The summed E-state index contributed by atoms with van der Waals surface area (Å²) in [4.78, 5) is 12.7. The molecule has 1 amide bonds. The predicted octanol–water partition coefficient (Wildman–Crippen LogP) is 5.86. The first-order valence-corrected chi connectivity index (χ1v) is 12.8. The maximum absolute atomic E-state index is 12.7. The summed E-state index contributed by atoms with van der Waals surface area (Å²) in [5.74, 6) is -0.257. The van der Waals surface area contributed by atoms with Crippen molar-refractivity contribution in [1.29, 1.82) is 0 Å². The van der Waals surface area contributed by atoms with Gasteiger partial charge in [-0.3, -0.25) is 4.79 Å². The summed E-state index contributed by atoms with van der Waals surface area (Å²) in [6.07, 6.45) is 1.14. The van der Waals surface area contributed by atoms with E-state index >= 15 is 0 Å². The lowest BCUT2D eigenvalue weighted by atomic mass is 10.1. The van der Waals surface area contributed by atoms with E-state index < -0.39 is 15.7 Å². The average molecular weight is 507 g/mol. The molecule has 3 rings (SSSR count). The summed E-state index contributed by atoms with van der Waals surface area (Å²) in [6, 6.07) is 15.6. The molecule has 0 bridgehead atoms. The minimum atomic E-state index is -3.25. The third-order valence-corrected chi connectivity index (χ3v) is 6.04. The second-order valence-corrected chi connectivity index (χ2v) is 10.7. The quantitative estimate of drug-likeness (QED) is 0.399. The standard InChI is InChI=1S/C24H24Cl2N2O4S/c1-15-4-5-16(2)17(10-15)13-32-23-12-19(7-9-22(23)27-14-33(3,30)31)28-24(29)20-8-6-18(25)11-21(20)26/h4-12,27H,13-14H2,1-3H3,(H,28,29). The SMILES string of the molecule is Cc1ccc(C)c(COc2cc(NC(=O)c3ccc(Cl)cc3Cl)ccc2NCS(C)(=O)=O)c1. The zero-order valence-electron chi connectivity index (χ0n) is 18.4. The van der Waals surface area contributed by atoms with Crippen molar-refractivity contribution in [3.8, 4) is 5.75 Å². The molecule has 0 aliphatic rings. The number of nitrogens with one attached hydrogen (secondary N) is 2. The molecule has 174 valence electrons. The number of anilines is 2. The minimum Gasteiger partial charge on any atom is -0.487 e. The van der Waals surface area contributed by atoms with Crippen molar-refractivity contribution in [1.82, 2.24) is 0 Å². The van der Waals surface area contributed by atoms with Crippen molar-refractivity contribution in [2.75, 3.05) is 22.8 Å². The van der Waals surface area contributed by atoms with Crippen LogP contribution >= 0.6 is 23.2 Å². The molecule has 0 unspecified atom stereocenters. The van der Waals surface area contributed by atoms with E-state index in [0.717, 1.165) is 22.9 Å². The maximum atomic E-state index is 12.7. The Bertz CT molecular complexity index is 1290. The number of hydrogen-bond acceptors (Lipinski definition) is 5. The van der Waals surface area contributed by atoms with Crippen LogP contribution in [0.1, 0.15) is 27.0 Å². The first-order chi connectivity index (χ1) is 15.5. The summed E-state index contributed by atoms with van der Waals surface area (Å²) in [5.41, 5.74) is 4.42. The van der Waals surface area contributed by atoms with Crippen LogP contribution in [0.2, 0.25) is 10.0 Å². The van der Waals surface area contributed by atoms with Crippen LogP contribution in [0.15, 0.2) is 54.6 Å². The number of carbonyl (C=O) groups excluding carboxylic acids is 1. The van der Waals surface area contributed by atoms with E-state index in [1.54, 1.807) is 30.3 Å². The molecular formula is C24H24Cl2N2O4S. The van der Waals surface area contributed by atoms with Crippen molar-refractivity contribution >= 4 is 50.3 Å². The van der Waals surface area contributed by atoms with Crippen LogP contribution < -0.4 is 15.4 Å². The molecule has 6 nitrogen and oxygen atoms in total. The van der Waals surface area contributed by atoms with E-state index in [-0.39, 0.29) is 23.1 Å². The predicted molar refractivity (Wildman–Crippen MR) is 134 cm³/mol. The fourth-order valence-electron chi connectivity index (χ4n) is 3.06. The van der Waals surface area contributed by atoms with Crippen LogP contribution in [0.4, 0.5) is 11.4 Å². The Labute approximate surface area is 203 Å². The second kappa shape index (κ2) is 10.5. The van der Waals surface area contributed by atoms with E-state index in [4.69, 9.17) is 27.9 Å². The van der Waals surface area contributed by atoms with Crippen molar-refractivity contribution < 1.29 is 17.9 Å². The summed E-state index contributed by atoms with van der Waals surface area (Å²) >= 11 is 12.0. The molecule has 0 aliphatic carbocycles. The number of rotatable bonds is 8. The van der Waals surface area contributed by atoms with Crippen molar-refractivity contribution in [2.45, 2.75) is 20.5 Å². The molecule has 0 fully saturated rings. The van der Waals surface area contributed by atoms with Gasteiger partial charge in [-0.15, -0.1) is 0 Å². The molecule has 0 aromatic heterocycles. The Kier molecular flexibility index (Phi) is 7.89. The summed E-state index contributed by atoms with van der Waals surface area (Å²) in [5, 5.41) is 6.33. The zero-order valence-corrected chi connectivity index (χ0v) is 20.7. The van der Waals surface area contributed by atoms with Gasteiger partial charge in [-0.1, -0.05) is 47.0 Å². The van der Waals surface area contributed by atoms with Crippen molar-refractivity contribution in [2.24, 2.45) is 0 Å². The number of hydrogen-bond donors (Lipinski definition) is 2. The van der Waals surface area contributed by atoms with Crippen LogP contribution in [-0.4, -0.2) is 26.5 Å². The lowest BCUT2D eigenvalue weighted by Crippen LogP contribution is -2.15. The lowest BCUT2D eigenvalue weighted by Gasteiger charge is -2.16. The Hall–Kier alpha value is -2.74. The number of ether oxygens (including phenoxy) is 1. The van der Waals surface area contributed by atoms with Crippen molar-refractivity contribution in [3.05, 3.63) is 86.9 Å². The topological polar surface area (TPSA) is 84.5 Å². The number of halogens is 2. The molecule has 0 saturated heterocycles. The first-order valence-electron chi connectivity index (χ1n) is 10.0. The lowest BCUT2D eigenvalue weighted by molar-refractivity contribution is 0.102. The Morgan fingerprint density at radius 3 is 2.45 bits per heavy atom. The number of benzene rings is 3. The monoisotopic (exact) mass is 506 g/mol. The Morgan fingerprint density at radius 2 is 1.76 bits per heavy atom. The molecule has 2 N–H and O–H groups in total. The van der Waals surface area contributed by atoms with Crippen LogP contribution in [0.5, 0.6) is 5.75 Å². The molecule has 3 aromatic rings. The number of carbonyl (C=O) groups is 1. The van der Waals surface area contributed by atoms with Crippen LogP contribution in [-0.2, 0) is 16.4 Å². The highest BCUT2D eigenvalue weighted by Crippen LogP contribution is 2.30. The molecule has 0 heterocycles. The normalized spacial score (nSPS) is 11.2. The third-order valence-electron chi connectivity index (χ3n) is 4.83. The fraction of sp³-hybridized carbons (Fsp3) is 0.208. The minimum absolute atomic E-state index is 0.234. The summed E-state index contributed by atoms with van der Waals surface area (Å²) in [6.45, 7) is 4.27. The van der Waals surface area contributed by atoms with Gasteiger partial charge in [0.25, 0.3) is 5.91 Å². The number of aryl methyl sites for hydroxylation is 2. The maximum Gasteiger partial charge on any atom is 0.257 e. The van der Waals surface area contributed by atoms with Gasteiger partial charge in [-0.2, -0.15) is 0 Å². The number of sulfone groups is 1. The molecule has 9 heteroatoms. The van der Waals surface area contributed by atoms with Gasteiger partial charge < -0.3 is 15.4 Å². The van der Waals surface area contributed by atoms with E-state index in [0.29, 0.717) is 22.1 Å². The van der Waals surface area contributed by atoms with Gasteiger partial charge in [0, 0.05) is 23.0 Å². The van der Waals surface area contributed by atoms with Gasteiger partial charge in [0.2, 0.25) is 0 Å². The highest BCUT2D eigenvalue weighted by atomic mass is 35.5. The van der Waals surface area contributed by atoms with Gasteiger partial charge in [0.1, 0.15) is 18.2 Å². The summed E-state index contributed by atoms with van der Waals surface area (Å²) in [7, 11) is -3.25. The van der Waals surface area contributed by atoms with Gasteiger partial charge in [-0.25, -0.2) is 8.42 Å². The molecule has 0 atom stereocenters. The largest absolute Gasteiger partial charge is 0.487 e. The van der Waals surface area contributed by atoms with Crippen LogP contribution in [0, 0.1) is 13.8 Å². The Balaban J connectivity index is 1.86.